The molecule has 1 amide bonds. The molecule has 1 N–H and O–H groups in total. The molecule has 3 rings (SSSR count). The van der Waals surface area contributed by atoms with Crippen LogP contribution in [0.15, 0.2) is 82.6 Å². The molecule has 0 spiro atoms. The summed E-state index contributed by atoms with van der Waals surface area (Å²) in [6.45, 7) is -0.395. The molecule has 0 saturated carbocycles. The molecule has 31 heavy (non-hydrogen) atoms. The highest BCUT2D eigenvalue weighted by Gasteiger charge is 2.27. The van der Waals surface area contributed by atoms with E-state index in [1.807, 2.05) is 24.5 Å². The molecular weight excluding hydrogens is 475 g/mol. The Balaban J connectivity index is 1.87. The van der Waals surface area contributed by atoms with E-state index in [9.17, 15) is 13.2 Å². The quantitative estimate of drug-likeness (QED) is 0.417. The van der Waals surface area contributed by atoms with Crippen molar-refractivity contribution >= 4 is 56.6 Å². The van der Waals surface area contributed by atoms with Crippen LogP contribution < -0.4 is 5.32 Å². The Morgan fingerprint density at radius 3 is 2.39 bits per heavy atom. The summed E-state index contributed by atoms with van der Waals surface area (Å²) in [7, 11) is -3.93. The van der Waals surface area contributed by atoms with Crippen molar-refractivity contribution in [2.45, 2.75) is 16.3 Å². The maximum absolute atomic E-state index is 13.3. The van der Waals surface area contributed by atoms with Crippen LogP contribution in [0.1, 0.15) is 5.56 Å². The van der Waals surface area contributed by atoms with Crippen molar-refractivity contribution in [2.24, 2.45) is 0 Å². The number of anilines is 1. The molecule has 9 heteroatoms. The first-order chi connectivity index (χ1) is 14.8. The first-order valence-corrected chi connectivity index (χ1v) is 12.6. The first-order valence-electron chi connectivity index (χ1n) is 9.22. The molecule has 0 fully saturated rings. The van der Waals surface area contributed by atoms with Crippen molar-refractivity contribution < 1.29 is 13.2 Å². The van der Waals surface area contributed by atoms with Gasteiger partial charge in [-0.3, -0.25) is 4.79 Å². The van der Waals surface area contributed by atoms with Crippen molar-refractivity contribution in [1.29, 1.82) is 0 Å². The summed E-state index contributed by atoms with van der Waals surface area (Å²) < 4.78 is 27.6. The van der Waals surface area contributed by atoms with Crippen LogP contribution in [0.5, 0.6) is 0 Å². The van der Waals surface area contributed by atoms with E-state index in [0.29, 0.717) is 21.3 Å². The number of rotatable bonds is 8. The number of amides is 1. The van der Waals surface area contributed by atoms with E-state index >= 15 is 0 Å². The minimum absolute atomic E-state index is 0.0353. The molecule has 162 valence electrons. The predicted molar refractivity (Wildman–Crippen MR) is 127 cm³/mol. The predicted octanol–water partition coefficient (Wildman–Crippen LogP) is 5.54. The summed E-state index contributed by atoms with van der Waals surface area (Å²) in [6, 6.07) is 20.2. The zero-order valence-electron chi connectivity index (χ0n) is 16.6. The lowest BCUT2D eigenvalue weighted by molar-refractivity contribution is -0.116. The van der Waals surface area contributed by atoms with Gasteiger partial charge in [-0.1, -0.05) is 53.5 Å². The van der Waals surface area contributed by atoms with Gasteiger partial charge in [-0.2, -0.15) is 4.31 Å². The second kappa shape index (κ2) is 10.5. The Bertz CT molecular complexity index is 1170. The highest BCUT2D eigenvalue weighted by Crippen LogP contribution is 2.25. The zero-order valence-corrected chi connectivity index (χ0v) is 19.7. The summed E-state index contributed by atoms with van der Waals surface area (Å²) in [4.78, 5) is 13.8. The Morgan fingerprint density at radius 2 is 1.71 bits per heavy atom. The van der Waals surface area contributed by atoms with Crippen LogP contribution in [0.25, 0.3) is 0 Å². The van der Waals surface area contributed by atoms with Gasteiger partial charge in [0.05, 0.1) is 21.5 Å². The summed E-state index contributed by atoms with van der Waals surface area (Å²) in [5, 5.41) is 3.46. The van der Waals surface area contributed by atoms with E-state index < -0.39 is 15.9 Å². The number of halogens is 2. The molecule has 3 aromatic rings. The Hall–Kier alpha value is -2.03. The molecule has 0 bridgehead atoms. The van der Waals surface area contributed by atoms with Crippen LogP contribution >= 0.6 is 35.0 Å². The first kappa shape index (κ1) is 23.6. The van der Waals surface area contributed by atoms with Gasteiger partial charge < -0.3 is 5.32 Å². The second-order valence-electron chi connectivity index (χ2n) is 6.61. The molecule has 0 radical (unpaired) electrons. The third-order valence-corrected chi connectivity index (χ3v) is 7.67. The number of carbonyl (C=O) groups excluding carboxylic acids is 1. The van der Waals surface area contributed by atoms with Crippen molar-refractivity contribution in [1.82, 2.24) is 4.31 Å². The van der Waals surface area contributed by atoms with E-state index in [2.05, 4.69) is 5.32 Å². The maximum Gasteiger partial charge on any atom is 0.243 e. The van der Waals surface area contributed by atoms with Gasteiger partial charge in [-0.25, -0.2) is 8.42 Å². The molecule has 0 aliphatic rings. The average Bonchev–Trinajstić information content (AvgIpc) is 2.76. The number of nitrogens with one attached hydrogen (secondary N) is 1. The molecule has 0 atom stereocenters. The summed E-state index contributed by atoms with van der Waals surface area (Å²) in [5.41, 5.74) is 1.22. The van der Waals surface area contributed by atoms with Crippen LogP contribution in [0.4, 0.5) is 5.69 Å². The topological polar surface area (TPSA) is 66.5 Å². The molecular formula is C22H20Cl2N2O3S2. The molecule has 0 aliphatic heterocycles. The lowest BCUT2D eigenvalue weighted by Crippen LogP contribution is -2.37. The Labute approximate surface area is 196 Å². The van der Waals surface area contributed by atoms with Gasteiger partial charge in [-0.05, 0) is 54.3 Å². The van der Waals surface area contributed by atoms with Crippen molar-refractivity contribution in [3.63, 3.8) is 0 Å². The average molecular weight is 495 g/mol. The van der Waals surface area contributed by atoms with E-state index in [0.717, 1.165) is 9.20 Å². The minimum atomic E-state index is -3.93. The molecule has 0 saturated heterocycles. The van der Waals surface area contributed by atoms with Crippen molar-refractivity contribution in [3.05, 3.63) is 88.4 Å². The standard InChI is InChI=1S/C22H20Cl2N2O3S2/c1-30-18-7-5-6-17(13-18)25-22(27)15-26(14-16-10-11-20(23)21(24)12-16)31(28,29)19-8-3-2-4-9-19/h2-13H,14-15H2,1H3,(H,25,27). The number of hydrogen-bond acceptors (Lipinski definition) is 4. The van der Waals surface area contributed by atoms with Crippen molar-refractivity contribution in [2.75, 3.05) is 18.1 Å². The SMILES string of the molecule is CSc1cccc(NC(=O)CN(Cc2ccc(Cl)c(Cl)c2)S(=O)(=O)c2ccccc2)c1. The smallest absolute Gasteiger partial charge is 0.243 e. The van der Waals surface area contributed by atoms with Gasteiger partial charge in [0.25, 0.3) is 0 Å². The highest BCUT2D eigenvalue weighted by atomic mass is 35.5. The van der Waals surface area contributed by atoms with E-state index in [4.69, 9.17) is 23.2 Å². The van der Waals surface area contributed by atoms with E-state index in [-0.39, 0.29) is 18.0 Å². The lowest BCUT2D eigenvalue weighted by Gasteiger charge is -2.22. The number of sulfonamides is 1. The van der Waals surface area contributed by atoms with Crippen LogP contribution in [0.2, 0.25) is 10.0 Å². The third kappa shape index (κ3) is 6.24. The van der Waals surface area contributed by atoms with E-state index in [1.165, 1.54) is 12.1 Å². The number of benzene rings is 3. The lowest BCUT2D eigenvalue weighted by atomic mass is 10.2. The van der Waals surface area contributed by atoms with Crippen LogP contribution in [0.3, 0.4) is 0 Å². The Kier molecular flexibility index (Phi) is 8.02. The largest absolute Gasteiger partial charge is 0.325 e. The number of hydrogen-bond donors (Lipinski definition) is 1. The second-order valence-corrected chi connectivity index (χ2v) is 10.2. The van der Waals surface area contributed by atoms with Crippen LogP contribution in [0, 0.1) is 0 Å². The van der Waals surface area contributed by atoms with Gasteiger partial charge in [0, 0.05) is 17.1 Å². The fourth-order valence-corrected chi connectivity index (χ4v) is 5.06. The molecule has 0 aromatic heterocycles. The normalized spacial score (nSPS) is 11.5. The molecule has 3 aromatic carbocycles. The highest BCUT2D eigenvalue weighted by molar-refractivity contribution is 7.98. The summed E-state index contributed by atoms with van der Waals surface area (Å²) in [5.74, 6) is -0.446. The number of thioether (sulfide) groups is 1. The van der Waals surface area contributed by atoms with Gasteiger partial charge in [0.2, 0.25) is 15.9 Å². The molecule has 5 nitrogen and oxygen atoms in total. The third-order valence-electron chi connectivity index (χ3n) is 4.40. The summed E-state index contributed by atoms with van der Waals surface area (Å²) >= 11 is 13.6. The van der Waals surface area contributed by atoms with E-state index in [1.54, 1.807) is 54.2 Å². The zero-order chi connectivity index (χ0) is 22.4. The fraction of sp³-hybridized carbons (Fsp3) is 0.136. The van der Waals surface area contributed by atoms with Crippen LogP contribution in [-0.4, -0.2) is 31.4 Å². The molecule has 0 unspecified atom stereocenters. The van der Waals surface area contributed by atoms with Gasteiger partial charge in [0.1, 0.15) is 0 Å². The van der Waals surface area contributed by atoms with Crippen LogP contribution in [-0.2, 0) is 21.4 Å². The van der Waals surface area contributed by atoms with Gasteiger partial charge in [-0.15, -0.1) is 11.8 Å². The molecule has 0 aliphatic carbocycles. The fourth-order valence-electron chi connectivity index (χ4n) is 2.87. The monoisotopic (exact) mass is 494 g/mol. The van der Waals surface area contributed by atoms with Crippen molar-refractivity contribution in [3.8, 4) is 0 Å². The summed E-state index contributed by atoms with van der Waals surface area (Å²) in [6.07, 6.45) is 1.94. The van der Waals surface area contributed by atoms with Gasteiger partial charge in [0.15, 0.2) is 0 Å². The van der Waals surface area contributed by atoms with Gasteiger partial charge >= 0.3 is 0 Å². The minimum Gasteiger partial charge on any atom is -0.325 e. The maximum atomic E-state index is 13.3. The number of nitrogens with zero attached hydrogens (tertiary/aromatic N) is 1. The Morgan fingerprint density at radius 1 is 0.968 bits per heavy atom. The molecule has 0 heterocycles. The number of carbonyl (C=O) groups is 1.